The maximum Gasteiger partial charge on any atom is 0.123 e. The first-order chi connectivity index (χ1) is 7.76. The number of nitrogens with one attached hydrogen (secondary N) is 1. The topological polar surface area (TPSA) is 47.3 Å². The van der Waals surface area contributed by atoms with E-state index in [0.29, 0.717) is 12.5 Å². The molecule has 1 saturated heterocycles. The zero-order valence-electron chi connectivity index (χ0n) is 9.37. The van der Waals surface area contributed by atoms with Crippen molar-refractivity contribution in [3.8, 4) is 5.75 Å². The number of nitrogens with two attached hydrogens (primary N) is 1. The number of rotatable bonds is 3. The SMILES string of the molecule is COc1ccc(F)cc1C1CNCC1CN. The van der Waals surface area contributed by atoms with Crippen molar-refractivity contribution in [1.29, 1.82) is 0 Å². The average molecular weight is 224 g/mol. The van der Waals surface area contributed by atoms with Crippen molar-refractivity contribution in [2.75, 3.05) is 26.7 Å². The van der Waals surface area contributed by atoms with Crippen LogP contribution in [0.1, 0.15) is 11.5 Å². The van der Waals surface area contributed by atoms with Crippen molar-refractivity contribution in [2.24, 2.45) is 11.7 Å². The zero-order chi connectivity index (χ0) is 11.5. The van der Waals surface area contributed by atoms with Crippen LogP contribution < -0.4 is 15.8 Å². The minimum Gasteiger partial charge on any atom is -0.496 e. The van der Waals surface area contributed by atoms with Crippen LogP contribution in [0.3, 0.4) is 0 Å². The van der Waals surface area contributed by atoms with Crippen molar-refractivity contribution < 1.29 is 9.13 Å². The molecule has 2 unspecified atom stereocenters. The van der Waals surface area contributed by atoms with Gasteiger partial charge in [-0.1, -0.05) is 0 Å². The molecule has 0 aliphatic carbocycles. The van der Waals surface area contributed by atoms with E-state index in [9.17, 15) is 4.39 Å². The Labute approximate surface area is 94.8 Å². The van der Waals surface area contributed by atoms with Gasteiger partial charge in [-0.05, 0) is 37.2 Å². The van der Waals surface area contributed by atoms with Crippen molar-refractivity contribution >= 4 is 0 Å². The molecule has 1 heterocycles. The van der Waals surface area contributed by atoms with Crippen LogP contribution in [-0.2, 0) is 0 Å². The normalized spacial score (nSPS) is 24.7. The summed E-state index contributed by atoms with van der Waals surface area (Å²) in [6.45, 7) is 2.33. The Morgan fingerprint density at radius 1 is 1.50 bits per heavy atom. The second kappa shape index (κ2) is 4.80. The van der Waals surface area contributed by atoms with Crippen LogP contribution in [0.5, 0.6) is 5.75 Å². The lowest BCUT2D eigenvalue weighted by atomic mass is 9.88. The Morgan fingerprint density at radius 3 is 3.00 bits per heavy atom. The summed E-state index contributed by atoms with van der Waals surface area (Å²) >= 11 is 0. The molecule has 2 atom stereocenters. The highest BCUT2D eigenvalue weighted by Gasteiger charge is 2.29. The average Bonchev–Trinajstić information content (AvgIpc) is 2.76. The first-order valence-corrected chi connectivity index (χ1v) is 5.50. The van der Waals surface area contributed by atoms with Crippen LogP contribution in [0.25, 0.3) is 0 Å². The second-order valence-electron chi connectivity index (χ2n) is 4.15. The van der Waals surface area contributed by atoms with Crippen LogP contribution in [0.15, 0.2) is 18.2 Å². The van der Waals surface area contributed by atoms with Crippen LogP contribution in [0.2, 0.25) is 0 Å². The first-order valence-electron chi connectivity index (χ1n) is 5.50. The molecular formula is C12H17FN2O. The molecule has 0 saturated carbocycles. The molecule has 1 aromatic carbocycles. The van der Waals surface area contributed by atoms with Crippen LogP contribution in [0.4, 0.5) is 4.39 Å². The van der Waals surface area contributed by atoms with Crippen LogP contribution >= 0.6 is 0 Å². The summed E-state index contributed by atoms with van der Waals surface area (Å²) in [4.78, 5) is 0. The number of ether oxygens (including phenoxy) is 1. The van der Waals surface area contributed by atoms with Crippen molar-refractivity contribution in [3.05, 3.63) is 29.6 Å². The van der Waals surface area contributed by atoms with E-state index in [-0.39, 0.29) is 11.7 Å². The molecule has 0 spiro atoms. The quantitative estimate of drug-likeness (QED) is 0.808. The van der Waals surface area contributed by atoms with Crippen LogP contribution in [-0.4, -0.2) is 26.7 Å². The van der Waals surface area contributed by atoms with E-state index in [1.54, 1.807) is 19.2 Å². The summed E-state index contributed by atoms with van der Waals surface area (Å²) in [5.41, 5.74) is 6.64. The number of methoxy groups -OCH3 is 1. The van der Waals surface area contributed by atoms with Gasteiger partial charge in [0.05, 0.1) is 7.11 Å². The molecule has 2 rings (SSSR count). The minimum absolute atomic E-state index is 0.224. The fourth-order valence-electron chi connectivity index (χ4n) is 2.34. The van der Waals surface area contributed by atoms with E-state index < -0.39 is 0 Å². The van der Waals surface area contributed by atoms with E-state index >= 15 is 0 Å². The maximum atomic E-state index is 13.3. The Bertz CT molecular complexity index is 370. The smallest absolute Gasteiger partial charge is 0.123 e. The van der Waals surface area contributed by atoms with Gasteiger partial charge in [0.2, 0.25) is 0 Å². The summed E-state index contributed by atoms with van der Waals surface area (Å²) < 4.78 is 18.5. The molecule has 0 amide bonds. The van der Waals surface area contributed by atoms with Crippen molar-refractivity contribution in [1.82, 2.24) is 5.32 Å². The number of halogens is 1. The molecule has 1 aromatic rings. The van der Waals surface area contributed by atoms with Crippen LogP contribution in [0, 0.1) is 11.7 Å². The molecule has 1 fully saturated rings. The van der Waals surface area contributed by atoms with Gasteiger partial charge in [-0.2, -0.15) is 0 Å². The molecular weight excluding hydrogens is 207 g/mol. The van der Waals surface area contributed by atoms with Crippen molar-refractivity contribution in [3.63, 3.8) is 0 Å². The van der Waals surface area contributed by atoms with E-state index in [2.05, 4.69) is 5.32 Å². The molecule has 16 heavy (non-hydrogen) atoms. The van der Waals surface area contributed by atoms with Gasteiger partial charge in [0.15, 0.2) is 0 Å². The minimum atomic E-state index is -0.224. The Hall–Kier alpha value is -1.13. The molecule has 88 valence electrons. The number of benzene rings is 1. The molecule has 0 bridgehead atoms. The summed E-state index contributed by atoms with van der Waals surface area (Å²) in [6.07, 6.45) is 0. The van der Waals surface area contributed by atoms with E-state index in [1.807, 2.05) is 0 Å². The molecule has 4 heteroatoms. The summed E-state index contributed by atoms with van der Waals surface area (Å²) in [7, 11) is 1.61. The van der Waals surface area contributed by atoms with Crippen molar-refractivity contribution in [2.45, 2.75) is 5.92 Å². The van der Waals surface area contributed by atoms with Gasteiger partial charge in [-0.15, -0.1) is 0 Å². The Balaban J connectivity index is 2.34. The highest BCUT2D eigenvalue weighted by Crippen LogP contribution is 2.34. The summed E-state index contributed by atoms with van der Waals surface area (Å²) in [5, 5.41) is 3.28. The van der Waals surface area contributed by atoms with Gasteiger partial charge in [0.25, 0.3) is 0 Å². The number of hydrogen-bond acceptors (Lipinski definition) is 3. The third-order valence-corrected chi connectivity index (χ3v) is 3.23. The first kappa shape index (κ1) is 11.4. The fourth-order valence-corrected chi connectivity index (χ4v) is 2.34. The van der Waals surface area contributed by atoms with E-state index in [0.717, 1.165) is 24.4 Å². The Morgan fingerprint density at radius 2 is 2.31 bits per heavy atom. The van der Waals surface area contributed by atoms with Gasteiger partial charge < -0.3 is 15.8 Å². The Kier molecular flexibility index (Phi) is 3.41. The molecule has 0 radical (unpaired) electrons. The highest BCUT2D eigenvalue weighted by atomic mass is 19.1. The molecule has 1 aliphatic rings. The third-order valence-electron chi connectivity index (χ3n) is 3.23. The molecule has 1 aliphatic heterocycles. The van der Waals surface area contributed by atoms with Gasteiger partial charge in [-0.3, -0.25) is 0 Å². The predicted molar refractivity (Wildman–Crippen MR) is 61.1 cm³/mol. The third kappa shape index (κ3) is 2.03. The zero-order valence-corrected chi connectivity index (χ0v) is 9.37. The highest BCUT2D eigenvalue weighted by molar-refractivity contribution is 5.38. The lowest BCUT2D eigenvalue weighted by Crippen LogP contribution is -2.21. The maximum absolute atomic E-state index is 13.3. The standard InChI is InChI=1S/C12H17FN2O/c1-16-12-3-2-9(13)4-10(12)11-7-15-6-8(11)5-14/h2-4,8,11,15H,5-7,14H2,1H3. The molecule has 3 nitrogen and oxygen atoms in total. The van der Waals surface area contributed by atoms with Gasteiger partial charge >= 0.3 is 0 Å². The summed E-state index contributed by atoms with van der Waals surface area (Å²) in [6, 6.07) is 4.65. The van der Waals surface area contributed by atoms with E-state index in [4.69, 9.17) is 10.5 Å². The lowest BCUT2D eigenvalue weighted by molar-refractivity contribution is 0.398. The molecule has 3 N–H and O–H groups in total. The monoisotopic (exact) mass is 224 g/mol. The summed E-state index contributed by atoms with van der Waals surface area (Å²) in [5.74, 6) is 1.12. The van der Waals surface area contributed by atoms with Gasteiger partial charge in [-0.25, -0.2) is 4.39 Å². The van der Waals surface area contributed by atoms with E-state index in [1.165, 1.54) is 6.07 Å². The molecule has 0 aromatic heterocycles. The van der Waals surface area contributed by atoms with Gasteiger partial charge in [0, 0.05) is 18.0 Å². The fraction of sp³-hybridized carbons (Fsp3) is 0.500. The number of hydrogen-bond donors (Lipinski definition) is 2. The second-order valence-corrected chi connectivity index (χ2v) is 4.15. The largest absolute Gasteiger partial charge is 0.496 e. The predicted octanol–water partition coefficient (Wildman–Crippen LogP) is 1.10. The lowest BCUT2D eigenvalue weighted by Gasteiger charge is -2.19. The van der Waals surface area contributed by atoms with Gasteiger partial charge in [0.1, 0.15) is 11.6 Å².